The molecule has 1 saturated heterocycles. The van der Waals surface area contributed by atoms with Crippen LogP contribution in [0.1, 0.15) is 44.9 Å². The lowest BCUT2D eigenvalue weighted by molar-refractivity contribution is -0.124. The average Bonchev–Trinajstić information content (AvgIpc) is 2.40. The summed E-state index contributed by atoms with van der Waals surface area (Å²) < 4.78 is 5.37. The van der Waals surface area contributed by atoms with Gasteiger partial charge in [-0.15, -0.1) is 0 Å². The number of nitrogens with two attached hydrogens (primary N) is 1. The lowest BCUT2D eigenvalue weighted by Crippen LogP contribution is -2.41. The van der Waals surface area contributed by atoms with E-state index in [1.54, 1.807) is 0 Å². The van der Waals surface area contributed by atoms with E-state index in [2.05, 4.69) is 5.32 Å². The van der Waals surface area contributed by atoms with E-state index in [9.17, 15) is 4.79 Å². The van der Waals surface area contributed by atoms with Crippen LogP contribution in [-0.4, -0.2) is 31.7 Å². The van der Waals surface area contributed by atoms with Gasteiger partial charge < -0.3 is 15.8 Å². The molecular formula is C14H26N2O2. The summed E-state index contributed by atoms with van der Waals surface area (Å²) in [6, 6.07) is 0.242. The van der Waals surface area contributed by atoms with Gasteiger partial charge in [0.25, 0.3) is 0 Å². The minimum atomic E-state index is 0.210. The minimum absolute atomic E-state index is 0.210. The molecule has 0 bridgehead atoms. The largest absolute Gasteiger partial charge is 0.379 e. The molecule has 1 aliphatic carbocycles. The first-order valence-electron chi connectivity index (χ1n) is 7.35. The summed E-state index contributed by atoms with van der Waals surface area (Å²) in [7, 11) is 0. The SMILES string of the molecule is NCC1CCC(CC(=O)NC2CCCOC2)CC1. The van der Waals surface area contributed by atoms with Crippen LogP contribution in [0.4, 0.5) is 0 Å². The highest BCUT2D eigenvalue weighted by Gasteiger charge is 2.23. The van der Waals surface area contributed by atoms with Gasteiger partial charge in [0.2, 0.25) is 5.91 Å². The van der Waals surface area contributed by atoms with E-state index in [1.165, 1.54) is 12.8 Å². The lowest BCUT2D eigenvalue weighted by Gasteiger charge is -2.28. The minimum Gasteiger partial charge on any atom is -0.379 e. The summed E-state index contributed by atoms with van der Waals surface area (Å²) >= 11 is 0. The van der Waals surface area contributed by atoms with E-state index < -0.39 is 0 Å². The number of nitrogens with one attached hydrogen (secondary N) is 1. The predicted octanol–water partition coefficient (Wildman–Crippen LogP) is 1.44. The number of hydrogen-bond acceptors (Lipinski definition) is 3. The van der Waals surface area contributed by atoms with Gasteiger partial charge in [-0.05, 0) is 56.9 Å². The molecule has 2 rings (SSSR count). The first-order valence-corrected chi connectivity index (χ1v) is 7.35. The zero-order chi connectivity index (χ0) is 12.8. The highest BCUT2D eigenvalue weighted by atomic mass is 16.5. The molecule has 1 amide bonds. The fourth-order valence-corrected chi connectivity index (χ4v) is 3.07. The number of rotatable bonds is 4. The average molecular weight is 254 g/mol. The zero-order valence-corrected chi connectivity index (χ0v) is 11.2. The molecule has 3 N–H and O–H groups in total. The number of carbonyl (C=O) groups excluding carboxylic acids is 1. The van der Waals surface area contributed by atoms with Gasteiger partial charge in [0, 0.05) is 13.0 Å². The summed E-state index contributed by atoms with van der Waals surface area (Å²) in [6.45, 7) is 2.33. The Hall–Kier alpha value is -0.610. The van der Waals surface area contributed by atoms with Gasteiger partial charge in [-0.1, -0.05) is 0 Å². The third kappa shape index (κ3) is 4.25. The van der Waals surface area contributed by atoms with Crippen LogP contribution in [-0.2, 0) is 9.53 Å². The number of carbonyl (C=O) groups is 1. The van der Waals surface area contributed by atoms with Gasteiger partial charge in [-0.2, -0.15) is 0 Å². The predicted molar refractivity (Wildman–Crippen MR) is 71.1 cm³/mol. The van der Waals surface area contributed by atoms with Crippen LogP contribution < -0.4 is 11.1 Å². The van der Waals surface area contributed by atoms with Crippen LogP contribution in [0.5, 0.6) is 0 Å². The highest BCUT2D eigenvalue weighted by molar-refractivity contribution is 5.76. The summed E-state index contributed by atoms with van der Waals surface area (Å²) in [5.41, 5.74) is 5.68. The summed E-state index contributed by atoms with van der Waals surface area (Å²) in [6.07, 6.45) is 7.53. The Morgan fingerprint density at radius 3 is 2.50 bits per heavy atom. The van der Waals surface area contributed by atoms with Crippen molar-refractivity contribution in [3.8, 4) is 0 Å². The van der Waals surface area contributed by atoms with Gasteiger partial charge >= 0.3 is 0 Å². The van der Waals surface area contributed by atoms with Crippen molar-refractivity contribution in [3.05, 3.63) is 0 Å². The maximum Gasteiger partial charge on any atom is 0.220 e. The third-order valence-corrected chi connectivity index (χ3v) is 4.30. The number of amides is 1. The topological polar surface area (TPSA) is 64.4 Å². The fraction of sp³-hybridized carbons (Fsp3) is 0.929. The van der Waals surface area contributed by atoms with Crippen molar-refractivity contribution >= 4 is 5.91 Å². The van der Waals surface area contributed by atoms with Crippen LogP contribution in [0.25, 0.3) is 0 Å². The highest BCUT2D eigenvalue weighted by Crippen LogP contribution is 2.30. The van der Waals surface area contributed by atoms with E-state index in [1.807, 2.05) is 0 Å². The Labute approximate surface area is 110 Å². The fourth-order valence-electron chi connectivity index (χ4n) is 3.07. The Morgan fingerprint density at radius 1 is 1.17 bits per heavy atom. The summed E-state index contributed by atoms with van der Waals surface area (Å²) in [5.74, 6) is 1.47. The second kappa shape index (κ2) is 7.10. The quantitative estimate of drug-likeness (QED) is 0.798. The monoisotopic (exact) mass is 254 g/mol. The molecule has 1 unspecified atom stereocenters. The van der Waals surface area contributed by atoms with Gasteiger partial charge in [0.05, 0.1) is 12.6 Å². The van der Waals surface area contributed by atoms with E-state index in [0.29, 0.717) is 24.9 Å². The van der Waals surface area contributed by atoms with Gasteiger partial charge in [0.1, 0.15) is 0 Å². The van der Waals surface area contributed by atoms with Crippen molar-refractivity contribution < 1.29 is 9.53 Å². The van der Waals surface area contributed by atoms with E-state index in [-0.39, 0.29) is 11.9 Å². The summed E-state index contributed by atoms with van der Waals surface area (Å²) in [4.78, 5) is 11.9. The third-order valence-electron chi connectivity index (χ3n) is 4.30. The number of ether oxygens (including phenoxy) is 1. The Balaban J connectivity index is 1.65. The molecule has 1 heterocycles. The van der Waals surface area contributed by atoms with Crippen molar-refractivity contribution in [2.75, 3.05) is 19.8 Å². The molecule has 4 heteroatoms. The molecular weight excluding hydrogens is 228 g/mol. The van der Waals surface area contributed by atoms with E-state index >= 15 is 0 Å². The van der Waals surface area contributed by atoms with Crippen LogP contribution in [0, 0.1) is 11.8 Å². The van der Waals surface area contributed by atoms with Gasteiger partial charge in [-0.3, -0.25) is 4.79 Å². The summed E-state index contributed by atoms with van der Waals surface area (Å²) in [5, 5.41) is 3.10. The molecule has 1 atom stereocenters. The zero-order valence-electron chi connectivity index (χ0n) is 11.2. The second-order valence-electron chi connectivity index (χ2n) is 5.81. The van der Waals surface area contributed by atoms with Crippen LogP contribution in [0.15, 0.2) is 0 Å². The van der Waals surface area contributed by atoms with Crippen molar-refractivity contribution in [2.24, 2.45) is 17.6 Å². The maximum atomic E-state index is 11.9. The van der Waals surface area contributed by atoms with Crippen LogP contribution in [0.2, 0.25) is 0 Å². The molecule has 104 valence electrons. The molecule has 0 spiro atoms. The second-order valence-corrected chi connectivity index (χ2v) is 5.81. The van der Waals surface area contributed by atoms with Crippen molar-refractivity contribution in [2.45, 2.75) is 51.0 Å². The first-order chi connectivity index (χ1) is 8.78. The first kappa shape index (κ1) is 13.8. The maximum absolute atomic E-state index is 11.9. The van der Waals surface area contributed by atoms with Gasteiger partial charge in [0.15, 0.2) is 0 Å². The molecule has 1 saturated carbocycles. The molecule has 2 aliphatic rings. The van der Waals surface area contributed by atoms with E-state index in [4.69, 9.17) is 10.5 Å². The molecule has 0 aromatic carbocycles. The van der Waals surface area contributed by atoms with Crippen molar-refractivity contribution in [1.82, 2.24) is 5.32 Å². The lowest BCUT2D eigenvalue weighted by atomic mass is 9.80. The Kier molecular flexibility index (Phi) is 5.45. The Bertz CT molecular complexity index is 257. The molecule has 0 radical (unpaired) electrons. The Morgan fingerprint density at radius 2 is 1.89 bits per heavy atom. The smallest absolute Gasteiger partial charge is 0.220 e. The normalized spacial score (nSPS) is 33.1. The molecule has 1 aliphatic heterocycles. The molecule has 18 heavy (non-hydrogen) atoms. The molecule has 0 aromatic heterocycles. The molecule has 2 fully saturated rings. The van der Waals surface area contributed by atoms with Crippen molar-refractivity contribution in [1.29, 1.82) is 0 Å². The molecule has 0 aromatic rings. The van der Waals surface area contributed by atoms with Gasteiger partial charge in [-0.25, -0.2) is 0 Å². The number of hydrogen-bond donors (Lipinski definition) is 2. The van der Waals surface area contributed by atoms with E-state index in [0.717, 1.165) is 38.8 Å². The van der Waals surface area contributed by atoms with Crippen LogP contribution in [0.3, 0.4) is 0 Å². The van der Waals surface area contributed by atoms with Crippen LogP contribution >= 0.6 is 0 Å². The standard InChI is InChI=1S/C14H26N2O2/c15-9-12-5-3-11(4-6-12)8-14(17)16-13-2-1-7-18-10-13/h11-13H,1-10,15H2,(H,16,17). The molecule has 4 nitrogen and oxygen atoms in total. The van der Waals surface area contributed by atoms with Crippen molar-refractivity contribution in [3.63, 3.8) is 0 Å².